The van der Waals surface area contributed by atoms with Gasteiger partial charge in [-0.15, -0.1) is 0 Å². The average molecular weight is 218 g/mol. The molecule has 0 amide bonds. The van der Waals surface area contributed by atoms with Gasteiger partial charge in [-0.05, 0) is 44.5 Å². The second-order valence-electron chi connectivity index (χ2n) is 4.37. The number of ether oxygens (including phenoxy) is 1. The number of anilines is 1. The van der Waals surface area contributed by atoms with E-state index in [1.54, 1.807) is 0 Å². The van der Waals surface area contributed by atoms with Crippen molar-refractivity contribution in [1.82, 2.24) is 0 Å². The first-order valence-corrected chi connectivity index (χ1v) is 5.39. The molecule has 0 radical (unpaired) electrons. The highest BCUT2D eigenvalue weighted by Gasteiger charge is 2.16. The van der Waals surface area contributed by atoms with Crippen LogP contribution in [-0.4, -0.2) is 13.7 Å². The van der Waals surface area contributed by atoms with Crippen LogP contribution in [0.25, 0.3) is 0 Å². The van der Waals surface area contributed by atoms with Crippen molar-refractivity contribution in [2.75, 3.05) is 19.0 Å². The van der Waals surface area contributed by atoms with Crippen LogP contribution >= 0.6 is 0 Å². The molecule has 0 saturated heterocycles. The Morgan fingerprint density at radius 3 is 2.44 bits per heavy atom. The number of nitriles is 1. The van der Waals surface area contributed by atoms with Gasteiger partial charge in [-0.3, -0.25) is 0 Å². The number of nitrogens with one attached hydrogen (secondary N) is 1. The van der Waals surface area contributed by atoms with E-state index in [4.69, 9.17) is 10.00 Å². The molecule has 0 unspecified atom stereocenters. The van der Waals surface area contributed by atoms with Crippen LogP contribution in [0.5, 0.6) is 5.75 Å². The van der Waals surface area contributed by atoms with Crippen LogP contribution in [0, 0.1) is 16.7 Å². The summed E-state index contributed by atoms with van der Waals surface area (Å²) in [5.41, 5.74) is 0.745. The number of nitrogens with zero attached hydrogens (tertiary/aromatic N) is 1. The Balaban J connectivity index is 2.41. The number of rotatable bonds is 5. The molecule has 0 aliphatic carbocycles. The molecule has 0 saturated carbocycles. The summed E-state index contributed by atoms with van der Waals surface area (Å²) in [6, 6.07) is 10.0. The van der Waals surface area contributed by atoms with Gasteiger partial charge in [0, 0.05) is 12.7 Å². The molecule has 3 heteroatoms. The van der Waals surface area contributed by atoms with Gasteiger partial charge in [0.1, 0.15) is 5.75 Å². The Morgan fingerprint density at radius 1 is 1.31 bits per heavy atom. The molecule has 0 spiro atoms. The molecule has 1 rings (SSSR count). The average Bonchev–Trinajstić information content (AvgIpc) is 2.30. The Labute approximate surface area is 97.0 Å². The third-order valence-electron chi connectivity index (χ3n) is 2.44. The van der Waals surface area contributed by atoms with E-state index in [1.807, 2.05) is 45.2 Å². The molecular formula is C13H18N2O. The predicted molar refractivity (Wildman–Crippen MR) is 65.5 cm³/mol. The van der Waals surface area contributed by atoms with Gasteiger partial charge in [0.05, 0.1) is 18.1 Å². The summed E-state index contributed by atoms with van der Waals surface area (Å²) >= 11 is 0. The lowest BCUT2D eigenvalue weighted by Crippen LogP contribution is -2.13. The van der Waals surface area contributed by atoms with E-state index in [0.29, 0.717) is 6.61 Å². The van der Waals surface area contributed by atoms with Crippen molar-refractivity contribution in [1.29, 1.82) is 5.26 Å². The summed E-state index contributed by atoms with van der Waals surface area (Å²) in [6.07, 6.45) is 0.733. The van der Waals surface area contributed by atoms with E-state index in [1.165, 1.54) is 0 Å². The van der Waals surface area contributed by atoms with Gasteiger partial charge >= 0.3 is 0 Å². The normalized spacial score (nSPS) is 10.6. The maximum absolute atomic E-state index is 8.85. The molecule has 0 bridgehead atoms. The predicted octanol–water partition coefficient (Wildman–Crippen LogP) is 3.05. The standard InChI is InChI=1S/C13H18N2O/c1-13(2,10-14)8-9-16-12-6-4-11(15-3)5-7-12/h4-7,15H,8-9H2,1-3H3. The van der Waals surface area contributed by atoms with E-state index in [-0.39, 0.29) is 5.41 Å². The molecule has 16 heavy (non-hydrogen) atoms. The summed E-state index contributed by atoms with van der Waals surface area (Å²) in [5.74, 6) is 0.840. The van der Waals surface area contributed by atoms with Crippen LogP contribution in [0.1, 0.15) is 20.3 Å². The number of hydrogen-bond donors (Lipinski definition) is 1. The fraction of sp³-hybridized carbons (Fsp3) is 0.462. The zero-order valence-electron chi connectivity index (χ0n) is 10.1. The highest BCUT2D eigenvalue weighted by molar-refractivity contribution is 5.45. The van der Waals surface area contributed by atoms with E-state index < -0.39 is 0 Å². The number of benzene rings is 1. The van der Waals surface area contributed by atoms with E-state index in [2.05, 4.69) is 11.4 Å². The quantitative estimate of drug-likeness (QED) is 0.826. The highest BCUT2D eigenvalue weighted by Crippen LogP contribution is 2.20. The minimum Gasteiger partial charge on any atom is -0.494 e. The monoisotopic (exact) mass is 218 g/mol. The molecule has 0 atom stereocenters. The van der Waals surface area contributed by atoms with Crippen molar-refractivity contribution in [3.8, 4) is 11.8 Å². The SMILES string of the molecule is CNc1ccc(OCCC(C)(C)C#N)cc1. The molecule has 1 aromatic rings. The lowest BCUT2D eigenvalue weighted by atomic mass is 9.92. The Bertz CT molecular complexity index is 363. The second-order valence-corrected chi connectivity index (χ2v) is 4.37. The minimum atomic E-state index is -0.315. The van der Waals surface area contributed by atoms with Crippen molar-refractivity contribution in [3.05, 3.63) is 24.3 Å². The molecule has 1 aromatic carbocycles. The Morgan fingerprint density at radius 2 is 1.94 bits per heavy atom. The molecule has 86 valence electrons. The number of hydrogen-bond acceptors (Lipinski definition) is 3. The van der Waals surface area contributed by atoms with Gasteiger partial charge < -0.3 is 10.1 Å². The van der Waals surface area contributed by atoms with Gasteiger partial charge in [0.25, 0.3) is 0 Å². The van der Waals surface area contributed by atoms with Crippen LogP contribution in [0.4, 0.5) is 5.69 Å². The molecule has 0 aliphatic heterocycles. The molecule has 3 nitrogen and oxygen atoms in total. The van der Waals surface area contributed by atoms with Crippen molar-refractivity contribution < 1.29 is 4.74 Å². The van der Waals surface area contributed by atoms with Gasteiger partial charge in [-0.25, -0.2) is 0 Å². The van der Waals surface area contributed by atoms with Crippen molar-refractivity contribution in [3.63, 3.8) is 0 Å². The summed E-state index contributed by atoms with van der Waals surface area (Å²) in [7, 11) is 1.88. The Hall–Kier alpha value is -1.69. The van der Waals surface area contributed by atoms with E-state index in [0.717, 1.165) is 17.9 Å². The molecule has 0 aliphatic rings. The molecule has 1 N–H and O–H groups in total. The van der Waals surface area contributed by atoms with Gasteiger partial charge in [-0.2, -0.15) is 5.26 Å². The van der Waals surface area contributed by atoms with E-state index in [9.17, 15) is 0 Å². The summed E-state index contributed by atoms with van der Waals surface area (Å²) in [6.45, 7) is 4.40. The Kier molecular flexibility index (Phi) is 4.19. The van der Waals surface area contributed by atoms with Gasteiger partial charge in [0.2, 0.25) is 0 Å². The lowest BCUT2D eigenvalue weighted by Gasteiger charge is -2.15. The van der Waals surface area contributed by atoms with Crippen LogP contribution in [0.2, 0.25) is 0 Å². The van der Waals surface area contributed by atoms with Gasteiger partial charge in [0.15, 0.2) is 0 Å². The smallest absolute Gasteiger partial charge is 0.119 e. The summed E-state index contributed by atoms with van der Waals surface area (Å²) in [5, 5.41) is 11.9. The fourth-order valence-corrected chi connectivity index (χ4v) is 1.20. The molecule has 0 aromatic heterocycles. The maximum Gasteiger partial charge on any atom is 0.119 e. The molecule has 0 fully saturated rings. The first-order chi connectivity index (χ1) is 7.57. The maximum atomic E-state index is 8.85. The summed E-state index contributed by atoms with van der Waals surface area (Å²) < 4.78 is 5.56. The van der Waals surface area contributed by atoms with Gasteiger partial charge in [-0.1, -0.05) is 0 Å². The molecule has 0 heterocycles. The third kappa shape index (κ3) is 3.82. The van der Waals surface area contributed by atoms with Crippen molar-refractivity contribution in [2.24, 2.45) is 5.41 Å². The first kappa shape index (κ1) is 12.4. The van der Waals surface area contributed by atoms with E-state index >= 15 is 0 Å². The first-order valence-electron chi connectivity index (χ1n) is 5.39. The highest BCUT2D eigenvalue weighted by atomic mass is 16.5. The second kappa shape index (κ2) is 5.41. The lowest BCUT2D eigenvalue weighted by molar-refractivity contribution is 0.264. The third-order valence-corrected chi connectivity index (χ3v) is 2.44. The van der Waals surface area contributed by atoms with Crippen molar-refractivity contribution >= 4 is 5.69 Å². The van der Waals surface area contributed by atoms with Crippen molar-refractivity contribution in [2.45, 2.75) is 20.3 Å². The zero-order chi connectivity index (χ0) is 12.0. The summed E-state index contributed by atoms with van der Waals surface area (Å²) in [4.78, 5) is 0. The van der Waals surface area contributed by atoms with Crippen LogP contribution in [-0.2, 0) is 0 Å². The van der Waals surface area contributed by atoms with Crippen LogP contribution in [0.3, 0.4) is 0 Å². The topological polar surface area (TPSA) is 45.0 Å². The fourth-order valence-electron chi connectivity index (χ4n) is 1.20. The largest absolute Gasteiger partial charge is 0.494 e. The zero-order valence-corrected chi connectivity index (χ0v) is 10.1. The van der Waals surface area contributed by atoms with Crippen LogP contribution < -0.4 is 10.1 Å². The minimum absolute atomic E-state index is 0.315. The van der Waals surface area contributed by atoms with Crippen LogP contribution in [0.15, 0.2) is 24.3 Å². The molecular weight excluding hydrogens is 200 g/mol.